The van der Waals surface area contributed by atoms with Gasteiger partial charge in [0.2, 0.25) is 5.78 Å². The summed E-state index contributed by atoms with van der Waals surface area (Å²) in [6, 6.07) is 22.0. The first-order chi connectivity index (χ1) is 13.6. The van der Waals surface area contributed by atoms with Gasteiger partial charge in [-0.2, -0.15) is 5.10 Å². The molecule has 0 spiro atoms. The van der Waals surface area contributed by atoms with E-state index < -0.39 is 4.92 Å². The van der Waals surface area contributed by atoms with Gasteiger partial charge in [-0.15, -0.1) is 5.10 Å². The third kappa shape index (κ3) is 4.55. The van der Waals surface area contributed by atoms with Crippen molar-refractivity contribution in [2.75, 3.05) is 0 Å². The topological polar surface area (TPSA) is 84.9 Å². The van der Waals surface area contributed by atoms with Gasteiger partial charge in [0.25, 0.3) is 5.69 Å². The van der Waals surface area contributed by atoms with Crippen LogP contribution in [0.5, 0.6) is 0 Å². The number of benzene rings is 3. The number of Topliss-reactive ketones (excluding diaryl/α,β-unsaturated/α-hetero) is 1. The van der Waals surface area contributed by atoms with E-state index in [1.807, 2.05) is 12.1 Å². The van der Waals surface area contributed by atoms with Gasteiger partial charge in [-0.05, 0) is 6.07 Å². The van der Waals surface area contributed by atoms with Crippen LogP contribution in [-0.4, -0.2) is 22.6 Å². The molecule has 0 saturated heterocycles. The largest absolute Gasteiger partial charge is 0.288 e. The number of hydrogen-bond acceptors (Lipinski definition) is 5. The minimum Gasteiger partial charge on any atom is -0.287 e. The van der Waals surface area contributed by atoms with Crippen molar-refractivity contribution in [1.82, 2.24) is 0 Å². The van der Waals surface area contributed by atoms with E-state index in [2.05, 4.69) is 10.2 Å². The molecule has 0 N–H and O–H groups in total. The highest BCUT2D eigenvalue weighted by Crippen LogP contribution is 2.24. The number of hydrogen-bond donors (Lipinski definition) is 0. The number of halogens is 1. The van der Waals surface area contributed by atoms with Gasteiger partial charge >= 0.3 is 0 Å². The summed E-state index contributed by atoms with van der Waals surface area (Å²) in [4.78, 5) is 23.3. The average Bonchev–Trinajstić information content (AvgIpc) is 2.73. The summed E-state index contributed by atoms with van der Waals surface area (Å²) in [5.41, 5.74) is 1.50. The zero-order valence-corrected chi connectivity index (χ0v) is 15.3. The van der Waals surface area contributed by atoms with Gasteiger partial charge in [0.05, 0.1) is 11.1 Å². The first-order valence-electron chi connectivity index (χ1n) is 8.26. The second-order valence-corrected chi connectivity index (χ2v) is 6.13. The molecule has 3 aromatic carbocycles. The molecule has 0 aliphatic carbocycles. The summed E-state index contributed by atoms with van der Waals surface area (Å²) in [5, 5.41) is 19.1. The standard InChI is InChI=1S/C21H14ClN3O3/c22-18-12-11-15(13-19(18)25(27)28)14-23-24-20(16-7-3-1-4-8-16)21(26)17-9-5-2-6-10-17/h1-14H/b23-14+,24-20+. The van der Waals surface area contributed by atoms with E-state index in [-0.39, 0.29) is 22.2 Å². The lowest BCUT2D eigenvalue weighted by atomic mass is 10.0. The SMILES string of the molecule is O=C(/C(=N/N=C/c1ccc(Cl)c([N+](=O)[O-])c1)c1ccccc1)c1ccccc1. The second kappa shape index (κ2) is 8.83. The molecular weight excluding hydrogens is 378 g/mol. The summed E-state index contributed by atoms with van der Waals surface area (Å²) < 4.78 is 0. The number of carbonyl (C=O) groups is 1. The Bertz CT molecular complexity index is 1060. The normalized spacial score (nSPS) is 11.5. The van der Waals surface area contributed by atoms with E-state index in [0.29, 0.717) is 16.7 Å². The molecule has 0 saturated carbocycles. The monoisotopic (exact) mass is 391 g/mol. The Labute approximate surface area is 166 Å². The van der Waals surface area contributed by atoms with Gasteiger partial charge < -0.3 is 0 Å². The number of carbonyl (C=O) groups excluding carboxylic acids is 1. The van der Waals surface area contributed by atoms with E-state index in [9.17, 15) is 14.9 Å². The fraction of sp³-hybridized carbons (Fsp3) is 0. The van der Waals surface area contributed by atoms with Gasteiger partial charge in [0.1, 0.15) is 10.7 Å². The number of ketones is 1. The van der Waals surface area contributed by atoms with Crippen LogP contribution in [0, 0.1) is 10.1 Å². The van der Waals surface area contributed by atoms with Gasteiger partial charge in [-0.3, -0.25) is 14.9 Å². The lowest BCUT2D eigenvalue weighted by Crippen LogP contribution is -2.15. The Hall–Kier alpha value is -3.64. The molecule has 0 aromatic heterocycles. The van der Waals surface area contributed by atoms with Crippen molar-refractivity contribution < 1.29 is 9.72 Å². The van der Waals surface area contributed by atoms with Crippen LogP contribution in [0.1, 0.15) is 21.5 Å². The Balaban J connectivity index is 1.96. The van der Waals surface area contributed by atoms with Crippen molar-refractivity contribution in [3.8, 4) is 0 Å². The fourth-order valence-corrected chi connectivity index (χ4v) is 2.65. The van der Waals surface area contributed by atoms with Gasteiger partial charge in [-0.1, -0.05) is 78.3 Å². The van der Waals surface area contributed by atoms with E-state index >= 15 is 0 Å². The highest BCUT2D eigenvalue weighted by molar-refractivity contribution is 6.51. The summed E-state index contributed by atoms with van der Waals surface area (Å²) in [7, 11) is 0. The first kappa shape index (κ1) is 19.1. The fourth-order valence-electron chi connectivity index (χ4n) is 2.46. The smallest absolute Gasteiger partial charge is 0.287 e. The van der Waals surface area contributed by atoms with E-state index in [4.69, 9.17) is 11.6 Å². The Morgan fingerprint density at radius 2 is 1.54 bits per heavy atom. The predicted molar refractivity (Wildman–Crippen MR) is 109 cm³/mol. The van der Waals surface area contributed by atoms with Crippen molar-refractivity contribution in [3.05, 3.63) is 111 Å². The number of nitro benzene ring substituents is 1. The van der Waals surface area contributed by atoms with Crippen molar-refractivity contribution >= 4 is 35.0 Å². The maximum atomic E-state index is 12.9. The van der Waals surface area contributed by atoms with Crippen LogP contribution in [0.25, 0.3) is 0 Å². The lowest BCUT2D eigenvalue weighted by molar-refractivity contribution is -0.384. The molecule has 6 nitrogen and oxygen atoms in total. The molecule has 0 unspecified atom stereocenters. The number of nitro groups is 1. The van der Waals surface area contributed by atoms with Crippen LogP contribution < -0.4 is 0 Å². The number of rotatable bonds is 6. The molecular formula is C21H14ClN3O3. The molecule has 0 fully saturated rings. The molecule has 0 atom stereocenters. The highest BCUT2D eigenvalue weighted by Gasteiger charge is 2.16. The van der Waals surface area contributed by atoms with Crippen molar-refractivity contribution in [3.63, 3.8) is 0 Å². The second-order valence-electron chi connectivity index (χ2n) is 5.72. The molecule has 0 aliphatic heterocycles. The summed E-state index contributed by atoms with van der Waals surface area (Å²) in [5.74, 6) is -0.272. The van der Waals surface area contributed by atoms with Crippen molar-refractivity contribution in [2.45, 2.75) is 0 Å². The Morgan fingerprint density at radius 3 is 2.14 bits per heavy atom. The Kier molecular flexibility index (Phi) is 6.04. The van der Waals surface area contributed by atoms with Crippen LogP contribution >= 0.6 is 11.6 Å². The molecule has 0 aliphatic rings. The molecule has 0 heterocycles. The molecule has 3 aromatic rings. The minimum absolute atomic E-state index is 0.0369. The molecule has 3 rings (SSSR count). The van der Waals surface area contributed by atoms with Crippen molar-refractivity contribution in [1.29, 1.82) is 0 Å². The van der Waals surface area contributed by atoms with Crippen LogP contribution in [0.4, 0.5) is 5.69 Å². The van der Waals surface area contributed by atoms with Crippen LogP contribution in [0.3, 0.4) is 0 Å². The molecule has 7 heteroatoms. The summed E-state index contributed by atoms with van der Waals surface area (Å²) in [6.07, 6.45) is 1.34. The highest BCUT2D eigenvalue weighted by atomic mass is 35.5. The van der Waals surface area contributed by atoms with E-state index in [1.165, 1.54) is 18.3 Å². The lowest BCUT2D eigenvalue weighted by Gasteiger charge is -2.04. The quantitative estimate of drug-likeness (QED) is 0.258. The molecule has 0 bridgehead atoms. The van der Waals surface area contributed by atoms with Gasteiger partial charge in [-0.25, -0.2) is 0 Å². The minimum atomic E-state index is -0.572. The predicted octanol–water partition coefficient (Wildman–Crippen LogP) is 4.95. The van der Waals surface area contributed by atoms with Crippen LogP contribution in [0.15, 0.2) is 89.1 Å². The van der Waals surface area contributed by atoms with Crippen LogP contribution in [-0.2, 0) is 0 Å². The van der Waals surface area contributed by atoms with Gasteiger partial charge in [0.15, 0.2) is 0 Å². The van der Waals surface area contributed by atoms with Crippen molar-refractivity contribution in [2.24, 2.45) is 10.2 Å². The maximum Gasteiger partial charge on any atom is 0.288 e. The van der Waals surface area contributed by atoms with Crippen LogP contribution in [0.2, 0.25) is 5.02 Å². The molecule has 0 amide bonds. The molecule has 138 valence electrons. The molecule has 28 heavy (non-hydrogen) atoms. The maximum absolute atomic E-state index is 12.9. The first-order valence-corrected chi connectivity index (χ1v) is 8.64. The third-order valence-electron chi connectivity index (χ3n) is 3.83. The number of nitrogens with zero attached hydrogens (tertiary/aromatic N) is 3. The van der Waals surface area contributed by atoms with Gasteiger partial charge in [0, 0.05) is 22.8 Å². The van der Waals surface area contributed by atoms with E-state index in [1.54, 1.807) is 54.6 Å². The molecule has 0 radical (unpaired) electrons. The Morgan fingerprint density at radius 1 is 0.929 bits per heavy atom. The summed E-state index contributed by atoms with van der Waals surface area (Å²) >= 11 is 5.81. The third-order valence-corrected chi connectivity index (χ3v) is 4.15. The zero-order chi connectivity index (χ0) is 19.9. The summed E-state index contributed by atoms with van der Waals surface area (Å²) in [6.45, 7) is 0. The average molecular weight is 392 g/mol. The van der Waals surface area contributed by atoms with E-state index in [0.717, 1.165) is 0 Å². The zero-order valence-electron chi connectivity index (χ0n) is 14.5.